The lowest BCUT2D eigenvalue weighted by Gasteiger charge is -2.17. The van der Waals surface area contributed by atoms with E-state index in [-0.39, 0.29) is 23.8 Å². The summed E-state index contributed by atoms with van der Waals surface area (Å²) in [6.45, 7) is 4.18. The summed E-state index contributed by atoms with van der Waals surface area (Å²) in [5.41, 5.74) is 0.513. The highest BCUT2D eigenvalue weighted by Gasteiger charge is 2.19. The number of nitrogens with one attached hydrogen (secondary N) is 1. The Morgan fingerprint density at radius 3 is 2.62 bits per heavy atom. The van der Waals surface area contributed by atoms with Gasteiger partial charge in [-0.1, -0.05) is 13.3 Å². The van der Waals surface area contributed by atoms with E-state index in [1.54, 1.807) is 6.92 Å². The number of hydrogen-bond donors (Lipinski definition) is 3. The SMILES string of the molecule is CCC(CCO)CNc1cc(C(=O)O)cc([N+](=O)[O-])c1C. The third-order valence-corrected chi connectivity index (χ3v) is 3.52. The van der Waals surface area contributed by atoms with E-state index in [2.05, 4.69) is 5.32 Å². The minimum Gasteiger partial charge on any atom is -0.478 e. The third-order valence-electron chi connectivity index (χ3n) is 3.52. The molecule has 0 saturated heterocycles. The lowest BCUT2D eigenvalue weighted by molar-refractivity contribution is -0.385. The second-order valence-corrected chi connectivity index (χ2v) is 4.90. The van der Waals surface area contributed by atoms with Gasteiger partial charge in [0.1, 0.15) is 0 Å². The lowest BCUT2D eigenvalue weighted by Crippen LogP contribution is -2.16. The molecule has 1 rings (SSSR count). The maximum absolute atomic E-state index is 11.1. The number of aromatic carboxylic acids is 1. The van der Waals surface area contributed by atoms with Crippen LogP contribution >= 0.6 is 0 Å². The molecule has 3 N–H and O–H groups in total. The van der Waals surface area contributed by atoms with Crippen molar-refractivity contribution in [2.75, 3.05) is 18.5 Å². The zero-order chi connectivity index (χ0) is 16.0. The minimum absolute atomic E-state index is 0.0779. The molecule has 0 heterocycles. The zero-order valence-corrected chi connectivity index (χ0v) is 12.1. The number of hydrogen-bond acceptors (Lipinski definition) is 5. The van der Waals surface area contributed by atoms with Crippen molar-refractivity contribution in [3.63, 3.8) is 0 Å². The number of anilines is 1. The van der Waals surface area contributed by atoms with Crippen molar-refractivity contribution in [2.45, 2.75) is 26.7 Å². The number of carbonyl (C=O) groups is 1. The van der Waals surface area contributed by atoms with E-state index in [1.807, 2.05) is 6.92 Å². The maximum Gasteiger partial charge on any atom is 0.336 e. The molecule has 0 bridgehead atoms. The molecule has 0 aliphatic carbocycles. The number of benzene rings is 1. The first kappa shape index (κ1) is 16.9. The molecule has 0 amide bonds. The summed E-state index contributed by atoms with van der Waals surface area (Å²) in [4.78, 5) is 21.5. The quantitative estimate of drug-likeness (QED) is 0.501. The normalized spacial score (nSPS) is 12.0. The average Bonchev–Trinajstić information content (AvgIpc) is 2.43. The largest absolute Gasteiger partial charge is 0.478 e. The molecule has 0 radical (unpaired) electrons. The van der Waals surface area contributed by atoms with Gasteiger partial charge in [0.15, 0.2) is 0 Å². The molecule has 1 aromatic carbocycles. The summed E-state index contributed by atoms with van der Waals surface area (Å²) in [7, 11) is 0. The van der Waals surface area contributed by atoms with Crippen LogP contribution in [0.1, 0.15) is 35.7 Å². The molecule has 0 fully saturated rings. The highest BCUT2D eigenvalue weighted by Crippen LogP contribution is 2.28. The highest BCUT2D eigenvalue weighted by atomic mass is 16.6. The van der Waals surface area contributed by atoms with E-state index in [9.17, 15) is 14.9 Å². The Balaban J connectivity index is 3.05. The van der Waals surface area contributed by atoms with Crippen LogP contribution in [-0.4, -0.2) is 34.3 Å². The predicted molar refractivity (Wildman–Crippen MR) is 78.8 cm³/mol. The number of aliphatic hydroxyl groups is 1. The average molecular weight is 296 g/mol. The molecule has 0 aliphatic rings. The molecule has 0 spiro atoms. The van der Waals surface area contributed by atoms with Gasteiger partial charge in [0.2, 0.25) is 0 Å². The summed E-state index contributed by atoms with van der Waals surface area (Å²) < 4.78 is 0. The number of nitrogens with zero attached hydrogens (tertiary/aromatic N) is 1. The monoisotopic (exact) mass is 296 g/mol. The zero-order valence-electron chi connectivity index (χ0n) is 12.1. The smallest absolute Gasteiger partial charge is 0.336 e. The van der Waals surface area contributed by atoms with E-state index in [1.165, 1.54) is 6.07 Å². The van der Waals surface area contributed by atoms with Gasteiger partial charge in [0, 0.05) is 30.5 Å². The highest BCUT2D eigenvalue weighted by molar-refractivity contribution is 5.90. The van der Waals surface area contributed by atoms with Gasteiger partial charge in [0.05, 0.1) is 10.5 Å². The van der Waals surface area contributed by atoms with E-state index in [0.29, 0.717) is 24.2 Å². The molecule has 21 heavy (non-hydrogen) atoms. The standard InChI is InChI=1S/C14H20N2O5/c1-3-10(4-5-17)8-15-12-6-11(14(18)19)7-13(9(12)2)16(20)21/h6-7,10,15,17H,3-5,8H2,1-2H3,(H,18,19). The minimum atomic E-state index is -1.21. The van der Waals surface area contributed by atoms with Crippen molar-refractivity contribution in [3.8, 4) is 0 Å². The molecular weight excluding hydrogens is 276 g/mol. The summed E-state index contributed by atoms with van der Waals surface area (Å²) in [5, 5.41) is 32.0. The van der Waals surface area contributed by atoms with Gasteiger partial charge in [0.25, 0.3) is 5.69 Å². The Labute approximate surface area is 122 Å². The number of carboxylic acids is 1. The molecule has 1 atom stereocenters. The molecule has 7 heteroatoms. The predicted octanol–water partition coefficient (Wildman–Crippen LogP) is 2.42. The van der Waals surface area contributed by atoms with Crippen molar-refractivity contribution in [1.82, 2.24) is 0 Å². The third kappa shape index (κ3) is 4.42. The van der Waals surface area contributed by atoms with Crippen LogP contribution in [0.5, 0.6) is 0 Å². The van der Waals surface area contributed by atoms with Crippen molar-refractivity contribution in [3.05, 3.63) is 33.4 Å². The first-order valence-electron chi connectivity index (χ1n) is 6.77. The fraction of sp³-hybridized carbons (Fsp3) is 0.500. The van der Waals surface area contributed by atoms with E-state index in [4.69, 9.17) is 10.2 Å². The fourth-order valence-corrected chi connectivity index (χ4v) is 2.08. The number of nitro groups is 1. The van der Waals surface area contributed by atoms with Gasteiger partial charge in [-0.2, -0.15) is 0 Å². The second-order valence-electron chi connectivity index (χ2n) is 4.90. The molecular formula is C14H20N2O5. The van der Waals surface area contributed by atoms with Crippen LogP contribution in [0.25, 0.3) is 0 Å². The Hall–Kier alpha value is -2.15. The summed E-state index contributed by atoms with van der Waals surface area (Å²) >= 11 is 0. The first-order valence-corrected chi connectivity index (χ1v) is 6.77. The molecule has 1 aromatic rings. The second kappa shape index (κ2) is 7.58. The molecule has 7 nitrogen and oxygen atoms in total. The van der Waals surface area contributed by atoms with Crippen molar-refractivity contribution in [1.29, 1.82) is 0 Å². The van der Waals surface area contributed by atoms with Gasteiger partial charge in [-0.25, -0.2) is 4.79 Å². The molecule has 116 valence electrons. The van der Waals surface area contributed by atoms with Crippen LogP contribution in [0.3, 0.4) is 0 Å². The molecule has 0 aromatic heterocycles. The van der Waals surface area contributed by atoms with Crippen LogP contribution < -0.4 is 5.32 Å². The summed E-state index contributed by atoms with van der Waals surface area (Å²) in [6, 6.07) is 2.46. The molecule has 0 aliphatic heterocycles. The number of nitro benzene ring substituents is 1. The number of rotatable bonds is 8. The van der Waals surface area contributed by atoms with Crippen LogP contribution in [0.4, 0.5) is 11.4 Å². The first-order chi connectivity index (χ1) is 9.90. The van der Waals surface area contributed by atoms with Gasteiger partial charge < -0.3 is 15.5 Å². The van der Waals surface area contributed by atoms with Gasteiger partial charge >= 0.3 is 5.97 Å². The van der Waals surface area contributed by atoms with E-state index < -0.39 is 10.9 Å². The van der Waals surface area contributed by atoms with Crippen molar-refractivity contribution < 1.29 is 19.9 Å². The summed E-state index contributed by atoms with van der Waals surface area (Å²) in [6.07, 6.45) is 1.48. The summed E-state index contributed by atoms with van der Waals surface area (Å²) in [5.74, 6) is -0.981. The van der Waals surface area contributed by atoms with Gasteiger partial charge in [-0.15, -0.1) is 0 Å². The van der Waals surface area contributed by atoms with Crippen LogP contribution in [0.2, 0.25) is 0 Å². The van der Waals surface area contributed by atoms with Crippen molar-refractivity contribution in [2.24, 2.45) is 5.92 Å². The lowest BCUT2D eigenvalue weighted by atomic mass is 10.0. The molecule has 0 saturated carbocycles. The Morgan fingerprint density at radius 1 is 1.48 bits per heavy atom. The Bertz CT molecular complexity index is 530. The van der Waals surface area contributed by atoms with E-state index in [0.717, 1.165) is 12.5 Å². The number of aliphatic hydroxyl groups excluding tert-OH is 1. The Morgan fingerprint density at radius 2 is 2.14 bits per heavy atom. The van der Waals surface area contributed by atoms with Crippen LogP contribution in [-0.2, 0) is 0 Å². The molecule has 1 unspecified atom stereocenters. The van der Waals surface area contributed by atoms with E-state index >= 15 is 0 Å². The van der Waals surface area contributed by atoms with Gasteiger partial charge in [-0.05, 0) is 25.3 Å². The van der Waals surface area contributed by atoms with Crippen LogP contribution in [0, 0.1) is 23.0 Å². The van der Waals surface area contributed by atoms with Crippen LogP contribution in [0.15, 0.2) is 12.1 Å². The fourth-order valence-electron chi connectivity index (χ4n) is 2.08. The maximum atomic E-state index is 11.1. The van der Waals surface area contributed by atoms with Crippen molar-refractivity contribution >= 4 is 17.3 Å². The topological polar surface area (TPSA) is 113 Å². The van der Waals surface area contributed by atoms with Gasteiger partial charge in [-0.3, -0.25) is 10.1 Å². The Kier molecular flexibility index (Phi) is 6.10. The number of carboxylic acid groups (broad SMARTS) is 1.